The molecule has 2 N–H and O–H groups in total. The molecular formula is C19H14ClFN4O2S. The van der Waals surface area contributed by atoms with Crippen molar-refractivity contribution < 1.29 is 14.0 Å². The summed E-state index contributed by atoms with van der Waals surface area (Å²) in [5.74, 6) is -1.12. The molecule has 0 saturated heterocycles. The van der Waals surface area contributed by atoms with Gasteiger partial charge < -0.3 is 10.6 Å². The fourth-order valence-electron chi connectivity index (χ4n) is 2.16. The standard InChI is InChI=1S/C19H14ClFN4O2S/c20-12-5-7-13(8-6-12)22-17(26)11-28-18-10-9-16(24-25-18)23-19(27)14-3-1-2-4-15(14)21/h1-10H,11H2,(H,22,26)(H,23,24,27). The summed E-state index contributed by atoms with van der Waals surface area (Å²) in [6.07, 6.45) is 0. The van der Waals surface area contributed by atoms with Gasteiger partial charge in [-0.05, 0) is 48.5 Å². The molecule has 1 aromatic heterocycles. The number of hydrogen-bond acceptors (Lipinski definition) is 5. The number of nitrogens with zero attached hydrogens (tertiary/aromatic N) is 2. The second-order valence-corrected chi connectivity index (χ2v) is 6.97. The molecule has 9 heteroatoms. The van der Waals surface area contributed by atoms with E-state index in [4.69, 9.17) is 11.6 Å². The van der Waals surface area contributed by atoms with Gasteiger partial charge in [-0.2, -0.15) is 0 Å². The van der Waals surface area contributed by atoms with Gasteiger partial charge >= 0.3 is 0 Å². The van der Waals surface area contributed by atoms with E-state index in [0.29, 0.717) is 15.7 Å². The summed E-state index contributed by atoms with van der Waals surface area (Å²) in [7, 11) is 0. The Hall–Kier alpha value is -2.97. The van der Waals surface area contributed by atoms with Crippen LogP contribution in [0.1, 0.15) is 10.4 Å². The summed E-state index contributed by atoms with van der Waals surface area (Å²) in [4.78, 5) is 24.0. The van der Waals surface area contributed by atoms with Crippen LogP contribution in [-0.4, -0.2) is 27.8 Å². The Morgan fingerprint density at radius 1 is 0.964 bits per heavy atom. The zero-order valence-electron chi connectivity index (χ0n) is 14.4. The van der Waals surface area contributed by atoms with Crippen LogP contribution in [0.15, 0.2) is 65.7 Å². The number of carbonyl (C=O) groups excluding carboxylic acids is 2. The molecule has 3 rings (SSSR count). The average molecular weight is 417 g/mol. The Bertz CT molecular complexity index is 984. The van der Waals surface area contributed by atoms with Crippen LogP contribution in [0.2, 0.25) is 5.02 Å². The Labute approximate surface area is 169 Å². The van der Waals surface area contributed by atoms with Crippen LogP contribution in [0, 0.1) is 5.82 Å². The first-order valence-electron chi connectivity index (χ1n) is 8.09. The van der Waals surface area contributed by atoms with Crippen molar-refractivity contribution in [3.63, 3.8) is 0 Å². The van der Waals surface area contributed by atoms with Crippen LogP contribution >= 0.6 is 23.4 Å². The summed E-state index contributed by atoms with van der Waals surface area (Å²) in [5.41, 5.74) is 0.564. The zero-order chi connectivity index (χ0) is 19.9. The smallest absolute Gasteiger partial charge is 0.259 e. The number of hydrogen-bond donors (Lipinski definition) is 2. The summed E-state index contributed by atoms with van der Waals surface area (Å²) in [5, 5.41) is 14.1. The van der Waals surface area contributed by atoms with Crippen LogP contribution in [0.5, 0.6) is 0 Å². The van der Waals surface area contributed by atoms with Crippen LogP contribution in [0.3, 0.4) is 0 Å². The highest BCUT2D eigenvalue weighted by atomic mass is 35.5. The van der Waals surface area contributed by atoms with Gasteiger partial charge in [0.1, 0.15) is 10.8 Å². The first-order valence-corrected chi connectivity index (χ1v) is 9.45. The molecule has 2 aromatic carbocycles. The molecule has 3 aromatic rings. The largest absolute Gasteiger partial charge is 0.325 e. The topological polar surface area (TPSA) is 84.0 Å². The van der Waals surface area contributed by atoms with E-state index in [-0.39, 0.29) is 23.0 Å². The van der Waals surface area contributed by atoms with Gasteiger partial charge in [-0.1, -0.05) is 35.5 Å². The molecule has 0 aliphatic carbocycles. The van der Waals surface area contributed by atoms with Gasteiger partial charge in [0.2, 0.25) is 5.91 Å². The van der Waals surface area contributed by atoms with Crippen molar-refractivity contribution >= 4 is 46.7 Å². The normalized spacial score (nSPS) is 10.4. The predicted molar refractivity (Wildman–Crippen MR) is 107 cm³/mol. The van der Waals surface area contributed by atoms with Gasteiger partial charge in [-0.25, -0.2) is 4.39 Å². The predicted octanol–water partition coefficient (Wildman–Crippen LogP) is 4.25. The van der Waals surface area contributed by atoms with Crippen LogP contribution in [0.25, 0.3) is 0 Å². The average Bonchev–Trinajstić information content (AvgIpc) is 2.69. The molecule has 0 unspecified atom stereocenters. The summed E-state index contributed by atoms with van der Waals surface area (Å²) < 4.78 is 13.6. The SMILES string of the molecule is O=C(CSc1ccc(NC(=O)c2ccccc2F)nn1)Nc1ccc(Cl)cc1. The molecule has 0 radical (unpaired) electrons. The summed E-state index contributed by atoms with van der Waals surface area (Å²) in [6, 6.07) is 15.6. The molecule has 0 fully saturated rings. The minimum absolute atomic E-state index is 0.0818. The maximum atomic E-state index is 13.6. The van der Waals surface area contributed by atoms with Gasteiger partial charge in [0.15, 0.2) is 5.82 Å². The third kappa shape index (κ3) is 5.51. The number of anilines is 2. The van der Waals surface area contributed by atoms with Crippen molar-refractivity contribution in [2.24, 2.45) is 0 Å². The third-order valence-corrected chi connectivity index (χ3v) is 4.65. The van der Waals surface area contributed by atoms with Crippen LogP contribution < -0.4 is 10.6 Å². The molecule has 1 heterocycles. The molecule has 0 saturated carbocycles. The summed E-state index contributed by atoms with van der Waals surface area (Å²) >= 11 is 6.99. The van der Waals surface area contributed by atoms with E-state index in [1.165, 1.54) is 36.0 Å². The molecule has 142 valence electrons. The number of halogens is 2. The van der Waals surface area contributed by atoms with E-state index < -0.39 is 11.7 Å². The highest BCUT2D eigenvalue weighted by molar-refractivity contribution is 7.99. The van der Waals surface area contributed by atoms with E-state index in [1.807, 2.05) is 0 Å². The van der Waals surface area contributed by atoms with Crippen molar-refractivity contribution in [2.45, 2.75) is 5.03 Å². The second kappa shape index (κ2) is 9.29. The van der Waals surface area contributed by atoms with Gasteiger partial charge in [0.25, 0.3) is 5.91 Å². The van der Waals surface area contributed by atoms with Gasteiger partial charge in [0.05, 0.1) is 11.3 Å². The second-order valence-electron chi connectivity index (χ2n) is 5.53. The number of thioether (sulfide) groups is 1. The molecular weight excluding hydrogens is 403 g/mol. The van der Waals surface area contributed by atoms with Crippen molar-refractivity contribution in [1.29, 1.82) is 0 Å². The Balaban J connectivity index is 1.51. The van der Waals surface area contributed by atoms with Gasteiger partial charge in [0, 0.05) is 10.7 Å². The first kappa shape index (κ1) is 19.8. The molecule has 28 heavy (non-hydrogen) atoms. The Morgan fingerprint density at radius 2 is 1.71 bits per heavy atom. The number of carbonyl (C=O) groups is 2. The van der Waals surface area contributed by atoms with Crippen molar-refractivity contribution in [2.75, 3.05) is 16.4 Å². The van der Waals surface area contributed by atoms with Gasteiger partial charge in [-0.15, -0.1) is 10.2 Å². The molecule has 6 nitrogen and oxygen atoms in total. The lowest BCUT2D eigenvalue weighted by atomic mass is 10.2. The molecule has 0 spiro atoms. The van der Waals surface area contributed by atoms with Crippen molar-refractivity contribution in [3.05, 3.63) is 77.1 Å². The van der Waals surface area contributed by atoms with E-state index in [0.717, 1.165) is 0 Å². The zero-order valence-corrected chi connectivity index (χ0v) is 15.9. The molecule has 2 amide bonds. The number of aromatic nitrogens is 2. The Morgan fingerprint density at radius 3 is 2.39 bits per heavy atom. The number of nitrogens with one attached hydrogen (secondary N) is 2. The number of rotatable bonds is 6. The van der Waals surface area contributed by atoms with Gasteiger partial charge in [-0.3, -0.25) is 9.59 Å². The van der Waals surface area contributed by atoms with Crippen molar-refractivity contribution in [1.82, 2.24) is 10.2 Å². The fraction of sp³-hybridized carbons (Fsp3) is 0.0526. The highest BCUT2D eigenvalue weighted by Crippen LogP contribution is 2.18. The summed E-state index contributed by atoms with van der Waals surface area (Å²) in [6.45, 7) is 0. The monoisotopic (exact) mass is 416 g/mol. The number of benzene rings is 2. The molecule has 0 atom stereocenters. The van der Waals surface area contributed by atoms with E-state index in [2.05, 4.69) is 20.8 Å². The lowest BCUT2D eigenvalue weighted by Gasteiger charge is -2.06. The minimum Gasteiger partial charge on any atom is -0.325 e. The minimum atomic E-state index is -0.619. The molecule has 0 aliphatic rings. The lowest BCUT2D eigenvalue weighted by molar-refractivity contribution is -0.113. The molecule has 0 aliphatic heterocycles. The van der Waals surface area contributed by atoms with E-state index in [1.54, 1.807) is 36.4 Å². The third-order valence-electron chi connectivity index (χ3n) is 3.48. The van der Waals surface area contributed by atoms with Crippen molar-refractivity contribution in [3.8, 4) is 0 Å². The lowest BCUT2D eigenvalue weighted by Crippen LogP contribution is -2.15. The fourth-order valence-corrected chi connectivity index (χ4v) is 2.90. The van der Waals surface area contributed by atoms with Crippen LogP contribution in [0.4, 0.5) is 15.9 Å². The van der Waals surface area contributed by atoms with Crippen LogP contribution in [-0.2, 0) is 4.79 Å². The highest BCUT2D eigenvalue weighted by Gasteiger charge is 2.12. The maximum absolute atomic E-state index is 13.6. The Kier molecular flexibility index (Phi) is 6.57. The maximum Gasteiger partial charge on any atom is 0.259 e. The number of amides is 2. The van der Waals surface area contributed by atoms with E-state index >= 15 is 0 Å². The first-order chi connectivity index (χ1) is 13.5. The quantitative estimate of drug-likeness (QED) is 0.587. The van der Waals surface area contributed by atoms with E-state index in [9.17, 15) is 14.0 Å². The molecule has 0 bridgehead atoms.